The lowest BCUT2D eigenvalue weighted by molar-refractivity contribution is -0.0430. The van der Waals surface area contributed by atoms with Crippen molar-refractivity contribution < 1.29 is 4.74 Å². The Bertz CT molecular complexity index is 281. The fourth-order valence-electron chi connectivity index (χ4n) is 3.96. The molecule has 3 aliphatic heterocycles. The first-order valence-electron chi connectivity index (χ1n) is 9.33. The molecule has 0 aliphatic carbocycles. The highest BCUT2D eigenvalue weighted by Gasteiger charge is 2.44. The Hall–Kier alpha value is -0.120. The van der Waals surface area contributed by atoms with Crippen LogP contribution in [0.1, 0.15) is 65.7 Å². The van der Waals surface area contributed by atoms with Crippen molar-refractivity contribution in [2.45, 2.75) is 77.4 Å². The van der Waals surface area contributed by atoms with Crippen LogP contribution in [0.25, 0.3) is 0 Å². The number of likely N-dealkylation sites (tertiary alicyclic amines) is 2. The van der Waals surface area contributed by atoms with Crippen LogP contribution < -0.4 is 0 Å². The maximum atomic E-state index is 6.27. The van der Waals surface area contributed by atoms with Crippen molar-refractivity contribution in [1.29, 1.82) is 0 Å². The molecule has 1 unspecified atom stereocenters. The third-order valence-corrected chi connectivity index (χ3v) is 5.31. The molecule has 0 N–H and O–H groups in total. The molecule has 3 rings (SSSR count). The number of hydrogen-bond donors (Lipinski definition) is 0. The number of piperidine rings is 2. The quantitative estimate of drug-likeness (QED) is 0.775. The largest absolute Gasteiger partial charge is 0.373 e. The Morgan fingerprint density at radius 2 is 1.57 bits per heavy atom. The predicted molar refractivity (Wildman–Crippen MR) is 89.8 cm³/mol. The molecule has 1 spiro atoms. The molecule has 0 aromatic heterocycles. The first-order valence-corrected chi connectivity index (χ1v) is 9.33. The van der Waals surface area contributed by atoms with Gasteiger partial charge in [-0.15, -0.1) is 0 Å². The number of hydrogen-bond acceptors (Lipinski definition) is 3. The Labute approximate surface area is 132 Å². The minimum absolute atomic E-state index is 0.244. The van der Waals surface area contributed by atoms with Gasteiger partial charge in [-0.05, 0) is 51.7 Å². The van der Waals surface area contributed by atoms with Crippen molar-refractivity contribution in [1.82, 2.24) is 9.80 Å². The van der Waals surface area contributed by atoms with Crippen LogP contribution in [0, 0.1) is 0 Å². The van der Waals surface area contributed by atoms with E-state index < -0.39 is 0 Å². The Kier molecular flexibility index (Phi) is 6.97. The maximum Gasteiger partial charge on any atom is 0.0723 e. The first kappa shape index (κ1) is 17.2. The van der Waals surface area contributed by atoms with Gasteiger partial charge in [0.15, 0.2) is 0 Å². The lowest BCUT2D eigenvalue weighted by Gasteiger charge is -2.39. The zero-order valence-electron chi connectivity index (χ0n) is 14.6. The minimum atomic E-state index is 0.244. The fourth-order valence-corrected chi connectivity index (χ4v) is 3.96. The van der Waals surface area contributed by atoms with E-state index in [4.69, 9.17) is 4.74 Å². The van der Waals surface area contributed by atoms with Gasteiger partial charge >= 0.3 is 0 Å². The highest BCUT2D eigenvalue weighted by atomic mass is 16.5. The molecule has 0 aromatic carbocycles. The third-order valence-electron chi connectivity index (χ3n) is 5.31. The van der Waals surface area contributed by atoms with Gasteiger partial charge in [0.25, 0.3) is 0 Å². The van der Waals surface area contributed by atoms with Crippen molar-refractivity contribution in [2.75, 3.05) is 39.3 Å². The van der Waals surface area contributed by atoms with Crippen LogP contribution >= 0.6 is 0 Å². The first-order chi connectivity index (χ1) is 10.2. The SMILES string of the molecule is CCC.CCN1CCC2(CC1)CC(N1CCCCC1)CO2. The average molecular weight is 296 g/mol. The molecule has 0 radical (unpaired) electrons. The summed E-state index contributed by atoms with van der Waals surface area (Å²) < 4.78 is 6.27. The lowest BCUT2D eigenvalue weighted by Crippen LogP contribution is -2.45. The van der Waals surface area contributed by atoms with E-state index in [1.54, 1.807) is 0 Å². The molecule has 3 heterocycles. The summed E-state index contributed by atoms with van der Waals surface area (Å²) in [5.74, 6) is 0. The van der Waals surface area contributed by atoms with Crippen LogP contribution in [-0.4, -0.2) is 60.8 Å². The van der Waals surface area contributed by atoms with Crippen LogP contribution in [-0.2, 0) is 4.74 Å². The van der Waals surface area contributed by atoms with Gasteiger partial charge in [-0.1, -0.05) is 33.6 Å². The topological polar surface area (TPSA) is 15.7 Å². The maximum absolute atomic E-state index is 6.27. The van der Waals surface area contributed by atoms with E-state index in [0.29, 0.717) is 0 Å². The van der Waals surface area contributed by atoms with Gasteiger partial charge in [0.05, 0.1) is 12.2 Å². The van der Waals surface area contributed by atoms with E-state index in [1.807, 2.05) is 0 Å². The van der Waals surface area contributed by atoms with E-state index in [9.17, 15) is 0 Å². The minimum Gasteiger partial charge on any atom is -0.373 e. The molecule has 1 atom stereocenters. The predicted octanol–water partition coefficient (Wildman–Crippen LogP) is 3.53. The molecule has 0 saturated carbocycles. The zero-order chi connectivity index (χ0) is 15.1. The van der Waals surface area contributed by atoms with E-state index in [-0.39, 0.29) is 5.60 Å². The molecule has 3 fully saturated rings. The van der Waals surface area contributed by atoms with Crippen LogP contribution in [0.5, 0.6) is 0 Å². The monoisotopic (exact) mass is 296 g/mol. The summed E-state index contributed by atoms with van der Waals surface area (Å²) >= 11 is 0. The normalized spacial score (nSPS) is 30.1. The summed E-state index contributed by atoms with van der Waals surface area (Å²) in [5.41, 5.74) is 0.244. The fraction of sp³-hybridized carbons (Fsp3) is 1.00. The number of nitrogens with zero attached hydrogens (tertiary/aromatic N) is 2. The molecule has 3 aliphatic rings. The van der Waals surface area contributed by atoms with Gasteiger partial charge < -0.3 is 9.64 Å². The van der Waals surface area contributed by atoms with E-state index >= 15 is 0 Å². The highest BCUT2D eigenvalue weighted by Crippen LogP contribution is 2.38. The molecular weight excluding hydrogens is 260 g/mol. The standard InChI is InChI=1S/C15H28N2O.C3H8/c1-2-16-10-6-15(7-11-16)12-14(13-18-15)17-8-4-3-5-9-17;1-3-2/h14H,2-13H2,1H3;3H2,1-2H3. The van der Waals surface area contributed by atoms with Crippen LogP contribution in [0.2, 0.25) is 0 Å². The summed E-state index contributed by atoms with van der Waals surface area (Å²) in [4.78, 5) is 5.26. The summed E-state index contributed by atoms with van der Waals surface area (Å²) in [7, 11) is 0. The molecule has 0 bridgehead atoms. The molecule has 3 saturated heterocycles. The zero-order valence-corrected chi connectivity index (χ0v) is 14.6. The summed E-state index contributed by atoms with van der Waals surface area (Å²) in [6.45, 7) is 13.8. The molecule has 3 heteroatoms. The summed E-state index contributed by atoms with van der Waals surface area (Å²) in [6, 6.07) is 0.721. The van der Waals surface area contributed by atoms with Gasteiger partial charge in [-0.2, -0.15) is 0 Å². The second-order valence-electron chi connectivity index (χ2n) is 7.09. The summed E-state index contributed by atoms with van der Waals surface area (Å²) in [5, 5.41) is 0. The van der Waals surface area contributed by atoms with Crippen LogP contribution in [0.4, 0.5) is 0 Å². The van der Waals surface area contributed by atoms with E-state index in [0.717, 1.165) is 12.6 Å². The van der Waals surface area contributed by atoms with Gasteiger partial charge in [0.1, 0.15) is 0 Å². The molecule has 21 heavy (non-hydrogen) atoms. The number of ether oxygens (including phenoxy) is 1. The molecule has 0 amide bonds. The molecule has 0 aromatic rings. The molecular formula is C18H36N2O. The second kappa shape index (κ2) is 8.50. The van der Waals surface area contributed by atoms with Gasteiger partial charge in [-0.3, -0.25) is 4.90 Å². The average Bonchev–Trinajstić information content (AvgIpc) is 2.94. The van der Waals surface area contributed by atoms with Gasteiger partial charge in [0, 0.05) is 19.1 Å². The number of rotatable bonds is 2. The van der Waals surface area contributed by atoms with Crippen molar-refractivity contribution in [2.24, 2.45) is 0 Å². The second-order valence-corrected chi connectivity index (χ2v) is 7.09. The van der Waals surface area contributed by atoms with Crippen molar-refractivity contribution >= 4 is 0 Å². The van der Waals surface area contributed by atoms with Crippen LogP contribution in [0.15, 0.2) is 0 Å². The van der Waals surface area contributed by atoms with Crippen molar-refractivity contribution in [3.63, 3.8) is 0 Å². The highest BCUT2D eigenvalue weighted by molar-refractivity contribution is 4.97. The smallest absolute Gasteiger partial charge is 0.0723 e. The van der Waals surface area contributed by atoms with Crippen molar-refractivity contribution in [3.8, 4) is 0 Å². The summed E-state index contributed by atoms with van der Waals surface area (Å²) in [6.07, 6.45) is 9.28. The molecule has 3 nitrogen and oxygen atoms in total. The molecule has 124 valence electrons. The van der Waals surface area contributed by atoms with E-state index in [1.165, 1.54) is 77.7 Å². The van der Waals surface area contributed by atoms with Crippen LogP contribution in [0.3, 0.4) is 0 Å². The lowest BCUT2D eigenvalue weighted by atomic mass is 9.87. The third kappa shape index (κ3) is 4.67. The van der Waals surface area contributed by atoms with Crippen molar-refractivity contribution in [3.05, 3.63) is 0 Å². The Morgan fingerprint density at radius 1 is 0.952 bits per heavy atom. The Balaban J connectivity index is 0.000000497. The van der Waals surface area contributed by atoms with Gasteiger partial charge in [0.2, 0.25) is 0 Å². The van der Waals surface area contributed by atoms with E-state index in [2.05, 4.69) is 30.6 Å². The Morgan fingerprint density at radius 3 is 2.14 bits per heavy atom. The van der Waals surface area contributed by atoms with Gasteiger partial charge in [-0.25, -0.2) is 0 Å².